The van der Waals surface area contributed by atoms with Crippen LogP contribution in [0, 0.1) is 11.6 Å². The Morgan fingerprint density at radius 3 is 2.75 bits per heavy atom. The van der Waals surface area contributed by atoms with E-state index in [1.54, 1.807) is 0 Å². The molecule has 0 aliphatic rings. The van der Waals surface area contributed by atoms with Gasteiger partial charge in [0.05, 0.1) is 10.0 Å². The summed E-state index contributed by atoms with van der Waals surface area (Å²) in [4.78, 5) is 17.9. The normalized spacial score (nSPS) is 10.4. The second-order valence-corrected chi connectivity index (χ2v) is 3.84. The van der Waals surface area contributed by atoms with Crippen LogP contribution in [0.4, 0.5) is 8.78 Å². The van der Waals surface area contributed by atoms with Crippen LogP contribution in [0.3, 0.4) is 0 Å². The van der Waals surface area contributed by atoms with E-state index in [0.29, 0.717) is 0 Å². The number of benzene rings is 1. The first-order chi connectivity index (χ1) is 7.61. The molecule has 82 valence electrons. The predicted octanol–water partition coefficient (Wildman–Crippen LogP) is 2.68. The van der Waals surface area contributed by atoms with Gasteiger partial charge in [-0.1, -0.05) is 0 Å². The minimum Gasteiger partial charge on any atom is -0.342 e. The molecule has 16 heavy (non-hydrogen) atoms. The molecular formula is C10H5BrF2N2O. The zero-order valence-corrected chi connectivity index (χ0v) is 9.38. The minimum atomic E-state index is -0.929. The van der Waals surface area contributed by atoms with Crippen LogP contribution < -0.4 is 0 Å². The maximum atomic E-state index is 13.6. The summed E-state index contributed by atoms with van der Waals surface area (Å²) in [6, 6.07) is 2.22. The number of nitrogens with one attached hydrogen (secondary N) is 1. The van der Waals surface area contributed by atoms with Gasteiger partial charge in [-0.15, -0.1) is 0 Å². The summed E-state index contributed by atoms with van der Waals surface area (Å²) in [5, 5.41) is 0. The fraction of sp³-hybridized carbons (Fsp3) is 0. The number of carbonyl (C=O) groups excluding carboxylic acids is 1. The first kappa shape index (κ1) is 10.9. The van der Waals surface area contributed by atoms with Gasteiger partial charge in [0.25, 0.3) is 0 Å². The Kier molecular flexibility index (Phi) is 2.82. The molecule has 6 heteroatoms. The van der Waals surface area contributed by atoms with Crippen molar-refractivity contribution in [1.82, 2.24) is 9.97 Å². The number of halogens is 3. The molecule has 0 fully saturated rings. The van der Waals surface area contributed by atoms with Crippen molar-refractivity contribution in [2.75, 3.05) is 0 Å². The van der Waals surface area contributed by atoms with Gasteiger partial charge in [-0.2, -0.15) is 0 Å². The number of H-pyrrole nitrogens is 1. The molecule has 0 atom stereocenters. The van der Waals surface area contributed by atoms with Gasteiger partial charge in [-0.05, 0) is 28.1 Å². The molecule has 1 aromatic carbocycles. The highest BCUT2D eigenvalue weighted by molar-refractivity contribution is 9.10. The largest absolute Gasteiger partial charge is 0.342 e. The van der Waals surface area contributed by atoms with E-state index in [9.17, 15) is 13.6 Å². The summed E-state index contributed by atoms with van der Waals surface area (Å²) in [6.07, 6.45) is 2.74. The fourth-order valence-corrected chi connectivity index (χ4v) is 1.57. The third-order valence-corrected chi connectivity index (χ3v) is 2.60. The Hall–Kier alpha value is -1.56. The van der Waals surface area contributed by atoms with Crippen LogP contribution in [0.25, 0.3) is 0 Å². The minimum absolute atomic E-state index is 0.0313. The highest BCUT2D eigenvalue weighted by atomic mass is 79.9. The SMILES string of the molecule is O=C(c1ncc[nH]1)c1c(F)ccc(Br)c1F. The van der Waals surface area contributed by atoms with Crippen molar-refractivity contribution in [3.8, 4) is 0 Å². The van der Waals surface area contributed by atoms with Crippen LogP contribution in [-0.4, -0.2) is 15.8 Å². The van der Waals surface area contributed by atoms with Gasteiger partial charge in [0, 0.05) is 12.4 Å². The van der Waals surface area contributed by atoms with Crippen LogP contribution >= 0.6 is 15.9 Å². The second-order valence-electron chi connectivity index (χ2n) is 2.99. The molecule has 0 unspecified atom stereocenters. The molecule has 0 aliphatic heterocycles. The molecule has 0 aliphatic carbocycles. The third-order valence-electron chi connectivity index (χ3n) is 1.98. The quantitative estimate of drug-likeness (QED) is 0.681. The van der Waals surface area contributed by atoms with E-state index in [1.807, 2.05) is 0 Å². The molecule has 1 heterocycles. The summed E-state index contributed by atoms with van der Waals surface area (Å²) >= 11 is 2.89. The van der Waals surface area contributed by atoms with Gasteiger partial charge >= 0.3 is 0 Å². The first-order valence-corrected chi connectivity index (χ1v) is 5.08. The maximum absolute atomic E-state index is 13.6. The highest BCUT2D eigenvalue weighted by Crippen LogP contribution is 2.23. The lowest BCUT2D eigenvalue weighted by atomic mass is 10.1. The van der Waals surface area contributed by atoms with E-state index in [0.717, 1.165) is 6.07 Å². The number of rotatable bonds is 2. The first-order valence-electron chi connectivity index (χ1n) is 4.29. The van der Waals surface area contributed by atoms with Crippen molar-refractivity contribution in [2.24, 2.45) is 0 Å². The molecule has 0 saturated heterocycles. The number of aromatic nitrogens is 2. The van der Waals surface area contributed by atoms with E-state index >= 15 is 0 Å². The van der Waals surface area contributed by atoms with E-state index in [1.165, 1.54) is 18.5 Å². The van der Waals surface area contributed by atoms with Crippen molar-refractivity contribution in [3.05, 3.63) is 52.0 Å². The zero-order valence-electron chi connectivity index (χ0n) is 7.80. The number of carbonyl (C=O) groups is 1. The number of aromatic amines is 1. The summed E-state index contributed by atoms with van der Waals surface area (Å²) in [6.45, 7) is 0. The van der Waals surface area contributed by atoms with Crippen molar-refractivity contribution in [1.29, 1.82) is 0 Å². The average molecular weight is 287 g/mol. The van der Waals surface area contributed by atoms with Crippen LogP contribution in [-0.2, 0) is 0 Å². The van der Waals surface area contributed by atoms with E-state index < -0.39 is 23.0 Å². The standard InChI is InChI=1S/C10H5BrF2N2O/c11-5-1-2-6(12)7(8(5)13)9(16)10-14-3-4-15-10/h1-4H,(H,14,15). The lowest BCUT2D eigenvalue weighted by Crippen LogP contribution is -2.09. The number of ketones is 1. The summed E-state index contributed by atoms with van der Waals surface area (Å²) in [7, 11) is 0. The van der Waals surface area contributed by atoms with Gasteiger partial charge in [-0.3, -0.25) is 4.79 Å². The topological polar surface area (TPSA) is 45.8 Å². The predicted molar refractivity (Wildman–Crippen MR) is 56.1 cm³/mol. The molecule has 1 N–H and O–H groups in total. The molecule has 3 nitrogen and oxygen atoms in total. The van der Waals surface area contributed by atoms with Gasteiger partial charge in [0.1, 0.15) is 5.82 Å². The Bertz CT molecular complexity index is 540. The molecule has 0 radical (unpaired) electrons. The van der Waals surface area contributed by atoms with Crippen LogP contribution in [0.15, 0.2) is 29.0 Å². The summed E-state index contributed by atoms with van der Waals surface area (Å²) < 4.78 is 26.9. The number of hydrogen-bond donors (Lipinski definition) is 1. The Labute approximate surface area is 97.6 Å². The van der Waals surface area contributed by atoms with Crippen molar-refractivity contribution >= 4 is 21.7 Å². The zero-order chi connectivity index (χ0) is 11.7. The average Bonchev–Trinajstić information content (AvgIpc) is 2.77. The lowest BCUT2D eigenvalue weighted by Gasteiger charge is -2.03. The molecule has 0 saturated carbocycles. The van der Waals surface area contributed by atoms with E-state index in [4.69, 9.17) is 0 Å². The Balaban J connectivity index is 2.56. The van der Waals surface area contributed by atoms with E-state index in [2.05, 4.69) is 25.9 Å². The monoisotopic (exact) mass is 286 g/mol. The lowest BCUT2D eigenvalue weighted by molar-refractivity contribution is 0.102. The summed E-state index contributed by atoms with van der Waals surface area (Å²) in [5.41, 5.74) is -0.621. The van der Waals surface area contributed by atoms with Crippen LogP contribution in [0.2, 0.25) is 0 Å². The number of hydrogen-bond acceptors (Lipinski definition) is 2. The highest BCUT2D eigenvalue weighted by Gasteiger charge is 2.22. The van der Waals surface area contributed by atoms with E-state index in [-0.39, 0.29) is 10.3 Å². The Morgan fingerprint density at radius 1 is 1.38 bits per heavy atom. The molecule has 2 rings (SSSR count). The fourth-order valence-electron chi connectivity index (χ4n) is 1.24. The van der Waals surface area contributed by atoms with Crippen LogP contribution in [0.1, 0.15) is 16.2 Å². The number of imidazole rings is 1. The Morgan fingerprint density at radius 2 is 2.12 bits per heavy atom. The smallest absolute Gasteiger partial charge is 0.234 e. The molecule has 0 bridgehead atoms. The second kappa shape index (κ2) is 4.13. The summed E-state index contributed by atoms with van der Waals surface area (Å²) in [5.74, 6) is -2.76. The van der Waals surface area contributed by atoms with Gasteiger partial charge < -0.3 is 4.98 Å². The molecule has 0 spiro atoms. The maximum Gasteiger partial charge on any atom is 0.234 e. The van der Waals surface area contributed by atoms with Gasteiger partial charge in [-0.25, -0.2) is 13.8 Å². The van der Waals surface area contributed by atoms with Crippen molar-refractivity contribution in [2.45, 2.75) is 0 Å². The van der Waals surface area contributed by atoms with Gasteiger partial charge in [0.15, 0.2) is 11.6 Å². The third kappa shape index (κ3) is 1.76. The van der Waals surface area contributed by atoms with Gasteiger partial charge in [0.2, 0.25) is 5.78 Å². The molecule has 1 aromatic heterocycles. The van der Waals surface area contributed by atoms with Crippen LogP contribution in [0.5, 0.6) is 0 Å². The molecule has 2 aromatic rings. The molecular weight excluding hydrogens is 282 g/mol. The molecule has 0 amide bonds. The number of nitrogens with zero attached hydrogens (tertiary/aromatic N) is 1. The van der Waals surface area contributed by atoms with Crippen molar-refractivity contribution in [3.63, 3.8) is 0 Å². The van der Waals surface area contributed by atoms with Crippen molar-refractivity contribution < 1.29 is 13.6 Å².